The first-order chi connectivity index (χ1) is 37.5. The molecule has 446 valence electrons. The zero-order valence-electron chi connectivity index (χ0n) is 44.9. The van der Waals surface area contributed by atoms with Gasteiger partial charge in [0.05, 0.1) is 38.4 Å². The van der Waals surface area contributed by atoms with Crippen molar-refractivity contribution in [3.05, 3.63) is 18.2 Å². The van der Waals surface area contributed by atoms with Crippen LogP contribution in [0.1, 0.15) is 78.8 Å². The van der Waals surface area contributed by atoms with E-state index in [2.05, 4.69) is 73.1 Å². The first-order valence-electron chi connectivity index (χ1n) is 25.0. The number of aliphatic imine (C=N–C) groups is 2. The van der Waals surface area contributed by atoms with Crippen molar-refractivity contribution in [2.75, 3.05) is 38.5 Å². The Kier molecular flexibility index (Phi) is 29.1. The van der Waals surface area contributed by atoms with Gasteiger partial charge in [-0.1, -0.05) is 35.4 Å². The summed E-state index contributed by atoms with van der Waals surface area (Å²) in [4.78, 5) is 175. The fourth-order valence-electron chi connectivity index (χ4n) is 7.03. The van der Waals surface area contributed by atoms with Crippen LogP contribution in [0.25, 0.3) is 0 Å². The molecule has 1 aliphatic heterocycles. The smallest absolute Gasteiger partial charge is 0.325 e. The van der Waals surface area contributed by atoms with Crippen molar-refractivity contribution in [2.45, 2.75) is 133 Å². The van der Waals surface area contributed by atoms with E-state index in [9.17, 15) is 67.7 Å². The first kappa shape index (κ1) is 68.2. The molecule has 1 aromatic heterocycles. The molecule has 80 heavy (non-hydrogen) atoms. The van der Waals surface area contributed by atoms with Gasteiger partial charge in [-0.15, -0.1) is 0 Å². The molecule has 35 heteroatoms. The Morgan fingerprint density at radius 3 is 1.73 bits per heavy atom. The van der Waals surface area contributed by atoms with Crippen molar-refractivity contribution in [1.29, 1.82) is 0 Å². The number of amides is 10. The molecule has 0 saturated carbocycles. The minimum atomic E-state index is -1.87. The number of aromatic nitrogens is 2. The van der Waals surface area contributed by atoms with E-state index in [0.717, 1.165) is 21.6 Å². The molecule has 0 bridgehead atoms. The molecule has 10 amide bonds. The van der Waals surface area contributed by atoms with E-state index in [1.54, 1.807) is 27.7 Å². The molecule has 0 unspecified atom stereocenters. The third-order valence-electron chi connectivity index (χ3n) is 11.4. The fraction of sp³-hybridized carbons (Fsp3) is 0.622. The van der Waals surface area contributed by atoms with Crippen LogP contribution in [-0.2, 0) is 64.0 Å². The number of aliphatic carboxylic acids is 2. The number of nitrogens with one attached hydrogen (secondary N) is 11. The average molecular weight is 1170 g/mol. The van der Waals surface area contributed by atoms with Gasteiger partial charge in [-0.3, -0.25) is 67.5 Å². The number of H-pyrrole nitrogens is 1. The largest absolute Gasteiger partial charge is 0.481 e. The molecule has 23 N–H and O–H groups in total. The van der Waals surface area contributed by atoms with Gasteiger partial charge in [0.25, 0.3) is 0 Å². The van der Waals surface area contributed by atoms with E-state index >= 15 is 0 Å². The molecule has 8 atom stereocenters. The average Bonchev–Trinajstić information content (AvgIpc) is 3.89. The van der Waals surface area contributed by atoms with Gasteiger partial charge in [0.15, 0.2) is 11.9 Å². The van der Waals surface area contributed by atoms with Gasteiger partial charge in [0, 0.05) is 41.9 Å². The summed E-state index contributed by atoms with van der Waals surface area (Å²) < 4.78 is -1.18. The number of hydrogen-bond acceptors (Lipinski definition) is 18. The molecule has 0 radical (unpaired) electrons. The van der Waals surface area contributed by atoms with Gasteiger partial charge in [0.2, 0.25) is 59.1 Å². The Hall–Kier alpha value is -7.95. The Morgan fingerprint density at radius 1 is 0.688 bits per heavy atom. The summed E-state index contributed by atoms with van der Waals surface area (Å²) in [7, 11) is 1.94. The Morgan fingerprint density at radius 2 is 1.19 bits per heavy atom. The quantitative estimate of drug-likeness (QED) is 0.0298. The van der Waals surface area contributed by atoms with Gasteiger partial charge in [-0.2, -0.15) is 0 Å². The van der Waals surface area contributed by atoms with Crippen LogP contribution in [0, 0.1) is 5.92 Å². The van der Waals surface area contributed by atoms with E-state index in [0.29, 0.717) is 5.69 Å². The van der Waals surface area contributed by atoms with E-state index in [1.807, 2.05) is 0 Å². The Bertz CT molecular complexity index is 2400. The molecule has 0 aromatic carbocycles. The fourth-order valence-corrected chi connectivity index (χ4v) is 9.81. The summed E-state index contributed by atoms with van der Waals surface area (Å²) in [6.45, 7) is 5.37. The summed E-state index contributed by atoms with van der Waals surface area (Å²) in [5, 5.41) is 43.4. The Labute approximate surface area is 467 Å². The summed E-state index contributed by atoms with van der Waals surface area (Å²) >= 11 is 0. The second-order valence-corrected chi connectivity index (χ2v) is 22.1. The monoisotopic (exact) mass is 1170 g/mol. The highest BCUT2D eigenvalue weighted by Gasteiger charge is 2.37. The number of imidazole rings is 1. The molecule has 1 aliphatic rings. The van der Waals surface area contributed by atoms with Crippen LogP contribution in [0.15, 0.2) is 22.5 Å². The molecule has 0 aliphatic carbocycles. The van der Waals surface area contributed by atoms with Crippen molar-refractivity contribution < 1.29 is 67.7 Å². The summed E-state index contributed by atoms with van der Waals surface area (Å²) in [5.74, 6) is -13.7. The summed E-state index contributed by atoms with van der Waals surface area (Å²) in [5.41, 5.74) is 28.5. The molecule has 2 heterocycles. The number of nitrogens with zero attached hydrogens (tertiary/aromatic N) is 3. The van der Waals surface area contributed by atoms with Gasteiger partial charge < -0.3 is 97.0 Å². The maximum atomic E-state index is 14.2. The standard InChI is InChI=1S/C45H75N19O14S2/c1-21(2)12-26-37(72)62-25(9-7-11-53-44(49)50)36(71)64-29(40(75)58-22(3)42(77)78)19-79-80-45(4,5)34(46)41(76)56-16-30(65)54-17-31(66)59-27(13-23-15-51-20-57-23)38(73)61-24(8-6-10-52-43(47)48)35(70)55-18-32(67)60-28(14-33(68)69)39(74)63-26/h15,20-22,24-29,34H,6-14,16-19,46H2,1-5H3,(H,51,57)(H,54,65)(H,55,70)(H,56,76)(H,58,75)(H,59,66)(H,60,67)(H,61,73)(H,62,72)(H,63,74)(H,64,71)(H,68,69)(H,77,78)(H4,47,48,52)(H4,49,50,53)/t22-,24-,25-,26+,27+,28-,29-,34-/m0/s1. The maximum Gasteiger partial charge on any atom is 0.325 e. The van der Waals surface area contributed by atoms with E-state index < -0.39 is 150 Å². The van der Waals surface area contributed by atoms with Crippen LogP contribution in [0.2, 0.25) is 0 Å². The third kappa shape index (κ3) is 26.1. The number of carboxylic acids is 2. The van der Waals surface area contributed by atoms with Crippen molar-refractivity contribution >= 4 is 105 Å². The normalized spacial score (nSPS) is 23.4. The topological polar surface area (TPSA) is 549 Å². The van der Waals surface area contributed by atoms with Crippen LogP contribution >= 0.6 is 21.6 Å². The summed E-state index contributed by atoms with van der Waals surface area (Å²) in [6, 6.07) is -12.0. The SMILES string of the molecule is CC(C)C[C@H]1NC(=O)[C@H](CC(=O)O)NC(=O)CNC(=O)[C@H](CCCN=C(N)N)NC(=O)[C@@H](Cc2cnc[nH]2)NC(=O)CNC(=O)CNC(=O)[C@H](N)C(C)(C)SSC[C@@H](C(=O)N[C@@H](C)C(=O)O)NC(=O)[C@H](CCCN=C(N)N)NC1=O. The second kappa shape index (κ2) is 34.1. The molecule has 2 rings (SSSR count). The lowest BCUT2D eigenvalue weighted by atomic mass is 10.0. The van der Waals surface area contributed by atoms with Crippen LogP contribution in [-0.4, -0.2) is 195 Å². The number of carbonyl (C=O) groups excluding carboxylic acids is 10. The maximum absolute atomic E-state index is 14.2. The van der Waals surface area contributed by atoms with Gasteiger partial charge >= 0.3 is 11.9 Å². The first-order valence-corrected chi connectivity index (χ1v) is 27.3. The van der Waals surface area contributed by atoms with Crippen molar-refractivity contribution in [3.63, 3.8) is 0 Å². The Balaban J connectivity index is 2.67. The van der Waals surface area contributed by atoms with E-state index in [1.165, 1.54) is 19.4 Å². The van der Waals surface area contributed by atoms with Gasteiger partial charge in [-0.05, 0) is 58.8 Å². The third-order valence-corrected chi connectivity index (χ3v) is 14.7. The van der Waals surface area contributed by atoms with Crippen LogP contribution in [0.5, 0.6) is 0 Å². The van der Waals surface area contributed by atoms with E-state index in [-0.39, 0.29) is 75.2 Å². The minimum absolute atomic E-state index is 0.0114. The number of nitrogens with two attached hydrogens (primary N) is 5. The zero-order chi connectivity index (χ0) is 60.3. The lowest BCUT2D eigenvalue weighted by Crippen LogP contribution is -2.59. The second-order valence-electron chi connectivity index (χ2n) is 19.1. The van der Waals surface area contributed by atoms with Crippen molar-refractivity contribution in [2.24, 2.45) is 44.6 Å². The molecule has 33 nitrogen and oxygen atoms in total. The molecule has 1 aromatic rings. The van der Waals surface area contributed by atoms with Crippen LogP contribution in [0.4, 0.5) is 0 Å². The molecule has 1 fully saturated rings. The highest BCUT2D eigenvalue weighted by molar-refractivity contribution is 8.77. The number of guanidine groups is 2. The predicted octanol–water partition coefficient (Wildman–Crippen LogP) is -7.07. The van der Waals surface area contributed by atoms with Crippen molar-refractivity contribution in [3.8, 4) is 0 Å². The van der Waals surface area contributed by atoms with Crippen LogP contribution in [0.3, 0.4) is 0 Å². The highest BCUT2D eigenvalue weighted by atomic mass is 33.1. The van der Waals surface area contributed by atoms with Gasteiger partial charge in [0.1, 0.15) is 42.3 Å². The number of carbonyl (C=O) groups is 12. The zero-order valence-corrected chi connectivity index (χ0v) is 46.5. The number of rotatable bonds is 17. The molecule has 1 saturated heterocycles. The number of hydrogen-bond donors (Lipinski definition) is 18. The van der Waals surface area contributed by atoms with Crippen molar-refractivity contribution in [1.82, 2.24) is 63.1 Å². The summed E-state index contributed by atoms with van der Waals surface area (Å²) in [6.07, 6.45) is 1.14. The number of aromatic amines is 1. The number of carboxylic acid groups (broad SMARTS) is 2. The lowest BCUT2D eigenvalue weighted by molar-refractivity contribution is -0.142. The highest BCUT2D eigenvalue weighted by Crippen LogP contribution is 2.38. The minimum Gasteiger partial charge on any atom is -0.481 e. The molecular weight excluding hydrogens is 1090 g/mol. The lowest BCUT2D eigenvalue weighted by Gasteiger charge is -2.30. The van der Waals surface area contributed by atoms with Crippen LogP contribution < -0.4 is 81.8 Å². The van der Waals surface area contributed by atoms with E-state index in [4.69, 9.17) is 28.7 Å². The molecular formula is C45H75N19O14S2. The van der Waals surface area contributed by atoms with Gasteiger partial charge in [-0.25, -0.2) is 4.98 Å². The predicted molar refractivity (Wildman–Crippen MR) is 292 cm³/mol. The molecule has 0 spiro atoms.